The van der Waals surface area contributed by atoms with Crippen LogP contribution in [0.4, 0.5) is 5.69 Å². The van der Waals surface area contributed by atoms with E-state index in [0.29, 0.717) is 12.2 Å². The number of nitrogens with zero attached hydrogens (tertiary/aromatic N) is 1. The Morgan fingerprint density at radius 3 is 2.50 bits per heavy atom. The molecule has 0 saturated carbocycles. The van der Waals surface area contributed by atoms with E-state index in [1.54, 1.807) is 19.1 Å². The molecule has 0 heterocycles. The van der Waals surface area contributed by atoms with E-state index in [0.717, 1.165) is 31.6 Å². The minimum Gasteiger partial charge on any atom is -0.399 e. The summed E-state index contributed by atoms with van der Waals surface area (Å²) in [7, 11) is -3.45. The van der Waals surface area contributed by atoms with Gasteiger partial charge in [0.05, 0.1) is 4.90 Å². The number of nitrogens with one attached hydrogen (secondary N) is 1. The third kappa shape index (κ3) is 4.77. The third-order valence-electron chi connectivity index (χ3n) is 3.26. The van der Waals surface area contributed by atoms with Gasteiger partial charge in [-0.3, -0.25) is 0 Å². The van der Waals surface area contributed by atoms with Gasteiger partial charge in [-0.05, 0) is 50.2 Å². The zero-order chi connectivity index (χ0) is 15.2. The fourth-order valence-electron chi connectivity index (χ4n) is 1.98. The molecule has 0 radical (unpaired) electrons. The molecule has 3 N–H and O–H groups in total. The lowest BCUT2D eigenvalue weighted by molar-refractivity contribution is 0.293. The van der Waals surface area contributed by atoms with Crippen molar-refractivity contribution in [3.8, 4) is 0 Å². The molecule has 1 aromatic rings. The van der Waals surface area contributed by atoms with Gasteiger partial charge in [0.25, 0.3) is 0 Å². The number of rotatable bonds is 8. The van der Waals surface area contributed by atoms with Crippen LogP contribution < -0.4 is 10.5 Å². The van der Waals surface area contributed by atoms with E-state index < -0.39 is 10.0 Å². The molecule has 0 atom stereocenters. The summed E-state index contributed by atoms with van der Waals surface area (Å²) in [5.74, 6) is 0. The van der Waals surface area contributed by atoms with Gasteiger partial charge >= 0.3 is 0 Å². The summed E-state index contributed by atoms with van der Waals surface area (Å²) in [5.41, 5.74) is 7.07. The molecule has 0 bridgehead atoms. The number of aryl methyl sites for hydroxylation is 1. The number of likely N-dealkylation sites (N-methyl/N-ethyl adjacent to an activating group) is 1. The Balaban J connectivity index is 2.63. The number of benzene rings is 1. The smallest absolute Gasteiger partial charge is 0.240 e. The normalized spacial score (nSPS) is 12.0. The van der Waals surface area contributed by atoms with Crippen LogP contribution >= 0.6 is 0 Å². The molecular formula is C14H25N3O2S. The van der Waals surface area contributed by atoms with Crippen LogP contribution in [0.25, 0.3) is 0 Å². The molecule has 1 rings (SSSR count). The predicted octanol–water partition coefficient (Wildman–Crippen LogP) is 1.59. The summed E-state index contributed by atoms with van der Waals surface area (Å²) < 4.78 is 26.9. The van der Waals surface area contributed by atoms with Crippen molar-refractivity contribution in [2.24, 2.45) is 0 Å². The van der Waals surface area contributed by atoms with E-state index in [-0.39, 0.29) is 4.90 Å². The van der Waals surface area contributed by atoms with E-state index in [2.05, 4.69) is 23.5 Å². The van der Waals surface area contributed by atoms with E-state index in [1.807, 2.05) is 0 Å². The summed E-state index contributed by atoms with van der Waals surface area (Å²) >= 11 is 0. The number of nitrogens with two attached hydrogens (primary N) is 1. The van der Waals surface area contributed by atoms with Crippen LogP contribution in [-0.2, 0) is 10.0 Å². The average molecular weight is 299 g/mol. The van der Waals surface area contributed by atoms with Gasteiger partial charge in [0.15, 0.2) is 0 Å². The van der Waals surface area contributed by atoms with Crippen molar-refractivity contribution in [3.63, 3.8) is 0 Å². The molecule has 5 nitrogen and oxygen atoms in total. The van der Waals surface area contributed by atoms with Gasteiger partial charge in [-0.1, -0.05) is 13.8 Å². The van der Waals surface area contributed by atoms with Gasteiger partial charge < -0.3 is 10.6 Å². The summed E-state index contributed by atoms with van der Waals surface area (Å²) in [4.78, 5) is 2.49. The number of sulfonamides is 1. The monoisotopic (exact) mass is 299 g/mol. The first-order valence-corrected chi connectivity index (χ1v) is 8.47. The van der Waals surface area contributed by atoms with Crippen molar-refractivity contribution >= 4 is 15.7 Å². The Labute approximate surface area is 122 Å². The maximum atomic E-state index is 12.2. The Hall–Kier alpha value is -1.11. The molecule has 0 aromatic heterocycles. The molecule has 20 heavy (non-hydrogen) atoms. The van der Waals surface area contributed by atoms with Crippen molar-refractivity contribution in [1.29, 1.82) is 0 Å². The molecule has 0 fully saturated rings. The van der Waals surface area contributed by atoms with Crippen molar-refractivity contribution < 1.29 is 8.42 Å². The largest absolute Gasteiger partial charge is 0.399 e. The lowest BCUT2D eigenvalue weighted by Crippen LogP contribution is -2.35. The molecule has 0 spiro atoms. The summed E-state index contributed by atoms with van der Waals surface area (Å²) in [6, 6.07) is 4.76. The molecule has 0 unspecified atom stereocenters. The highest BCUT2D eigenvalue weighted by Gasteiger charge is 2.14. The Bertz CT molecular complexity index is 529. The molecule has 0 aliphatic rings. The highest BCUT2D eigenvalue weighted by atomic mass is 32.2. The van der Waals surface area contributed by atoms with Crippen LogP contribution in [0.5, 0.6) is 0 Å². The van der Waals surface area contributed by atoms with Gasteiger partial charge in [0.2, 0.25) is 10.0 Å². The van der Waals surface area contributed by atoms with Crippen LogP contribution in [0.1, 0.15) is 25.8 Å². The maximum absolute atomic E-state index is 12.2. The van der Waals surface area contributed by atoms with Crippen LogP contribution in [0.15, 0.2) is 23.1 Å². The van der Waals surface area contributed by atoms with E-state index in [1.165, 1.54) is 6.07 Å². The molecular weight excluding hydrogens is 274 g/mol. The SMILES string of the molecule is CCCN(CC)CCNS(=O)(=O)c1ccc(N)c(C)c1. The second kappa shape index (κ2) is 7.61. The molecule has 0 aliphatic heterocycles. The number of nitrogen functional groups attached to an aromatic ring is 1. The zero-order valence-electron chi connectivity index (χ0n) is 12.5. The summed E-state index contributed by atoms with van der Waals surface area (Å²) in [6.45, 7) is 9.04. The van der Waals surface area contributed by atoms with Crippen molar-refractivity contribution in [2.45, 2.75) is 32.1 Å². The van der Waals surface area contributed by atoms with Gasteiger partial charge in [0.1, 0.15) is 0 Å². The number of hydrogen-bond acceptors (Lipinski definition) is 4. The van der Waals surface area contributed by atoms with Crippen LogP contribution in [0, 0.1) is 6.92 Å². The first-order chi connectivity index (χ1) is 9.40. The van der Waals surface area contributed by atoms with Crippen molar-refractivity contribution in [3.05, 3.63) is 23.8 Å². The van der Waals surface area contributed by atoms with E-state index in [4.69, 9.17) is 5.73 Å². The first-order valence-electron chi connectivity index (χ1n) is 6.98. The zero-order valence-corrected chi connectivity index (χ0v) is 13.3. The fraction of sp³-hybridized carbons (Fsp3) is 0.571. The van der Waals surface area contributed by atoms with Crippen molar-refractivity contribution in [2.75, 3.05) is 31.9 Å². The second-order valence-electron chi connectivity index (χ2n) is 4.85. The number of hydrogen-bond donors (Lipinski definition) is 2. The summed E-state index contributed by atoms with van der Waals surface area (Å²) in [5, 5.41) is 0. The Kier molecular flexibility index (Phi) is 6.45. The van der Waals surface area contributed by atoms with Gasteiger partial charge in [-0.15, -0.1) is 0 Å². The lowest BCUT2D eigenvalue weighted by Gasteiger charge is -2.19. The molecule has 0 amide bonds. The molecule has 114 valence electrons. The third-order valence-corrected chi connectivity index (χ3v) is 4.72. The second-order valence-corrected chi connectivity index (χ2v) is 6.62. The lowest BCUT2D eigenvalue weighted by atomic mass is 10.2. The van der Waals surface area contributed by atoms with Gasteiger partial charge in [0, 0.05) is 18.8 Å². The van der Waals surface area contributed by atoms with Crippen LogP contribution in [0.3, 0.4) is 0 Å². The molecule has 0 saturated heterocycles. The summed E-state index contributed by atoms with van der Waals surface area (Å²) in [6.07, 6.45) is 1.07. The highest BCUT2D eigenvalue weighted by molar-refractivity contribution is 7.89. The standard InChI is InChI=1S/C14H25N3O2S/c1-4-9-17(5-2)10-8-16-20(18,19)13-6-7-14(15)12(3)11-13/h6-7,11,16H,4-5,8-10,15H2,1-3H3. The van der Waals surface area contributed by atoms with E-state index >= 15 is 0 Å². The quantitative estimate of drug-likeness (QED) is 0.715. The topological polar surface area (TPSA) is 75.4 Å². The predicted molar refractivity (Wildman–Crippen MR) is 83.2 cm³/mol. The Morgan fingerprint density at radius 1 is 1.25 bits per heavy atom. The molecule has 1 aromatic carbocycles. The van der Waals surface area contributed by atoms with Gasteiger partial charge in [-0.25, -0.2) is 13.1 Å². The number of anilines is 1. The Morgan fingerprint density at radius 2 is 1.95 bits per heavy atom. The molecule has 0 aliphatic carbocycles. The van der Waals surface area contributed by atoms with Gasteiger partial charge in [-0.2, -0.15) is 0 Å². The highest BCUT2D eigenvalue weighted by Crippen LogP contribution is 2.16. The fourth-order valence-corrected chi connectivity index (χ4v) is 3.09. The van der Waals surface area contributed by atoms with Crippen LogP contribution in [0.2, 0.25) is 0 Å². The van der Waals surface area contributed by atoms with Crippen LogP contribution in [-0.4, -0.2) is 39.5 Å². The molecule has 6 heteroatoms. The van der Waals surface area contributed by atoms with Crippen molar-refractivity contribution in [1.82, 2.24) is 9.62 Å². The minimum absolute atomic E-state index is 0.266. The first kappa shape index (κ1) is 16.9. The maximum Gasteiger partial charge on any atom is 0.240 e. The average Bonchev–Trinajstić information content (AvgIpc) is 2.40. The van der Waals surface area contributed by atoms with E-state index in [9.17, 15) is 8.42 Å². The minimum atomic E-state index is -3.45.